The second-order valence-electron chi connectivity index (χ2n) is 4.63. The van der Waals surface area contributed by atoms with E-state index in [2.05, 4.69) is 0 Å². The molecule has 1 amide bonds. The van der Waals surface area contributed by atoms with Crippen molar-refractivity contribution in [3.8, 4) is 0 Å². The predicted molar refractivity (Wildman–Crippen MR) is 66.4 cm³/mol. The molecule has 4 nitrogen and oxygen atoms in total. The molecule has 0 unspecified atom stereocenters. The minimum Gasteiger partial charge on any atom is -0.457 e. The first-order valence-electron chi connectivity index (χ1n) is 6.20. The molecule has 96 valence electrons. The fourth-order valence-electron chi connectivity index (χ4n) is 1.96. The fourth-order valence-corrected chi connectivity index (χ4v) is 1.96. The normalized spacial score (nSPS) is 16.7. The minimum atomic E-state index is -0.559. The Labute approximate surface area is 106 Å². The summed E-state index contributed by atoms with van der Waals surface area (Å²) < 4.78 is 5.41. The molecule has 18 heavy (non-hydrogen) atoms. The summed E-state index contributed by atoms with van der Waals surface area (Å²) in [4.78, 5) is 22.9. The summed E-state index contributed by atoms with van der Waals surface area (Å²) >= 11 is 0. The Morgan fingerprint density at radius 3 is 2.44 bits per heavy atom. The molecule has 1 aliphatic carbocycles. The van der Waals surface area contributed by atoms with E-state index in [1.54, 1.807) is 0 Å². The van der Waals surface area contributed by atoms with Gasteiger partial charge in [0.05, 0.1) is 12.3 Å². The van der Waals surface area contributed by atoms with E-state index in [-0.39, 0.29) is 18.3 Å². The summed E-state index contributed by atoms with van der Waals surface area (Å²) in [6.07, 6.45) is 2.32. The molecule has 0 saturated heterocycles. The molecule has 1 aromatic rings. The van der Waals surface area contributed by atoms with Crippen molar-refractivity contribution >= 4 is 11.9 Å². The zero-order valence-corrected chi connectivity index (χ0v) is 10.2. The molecule has 0 aromatic heterocycles. The lowest BCUT2D eigenvalue weighted by atomic mass is 9.85. The number of primary amides is 1. The zero-order valence-electron chi connectivity index (χ0n) is 10.2. The summed E-state index contributed by atoms with van der Waals surface area (Å²) in [5, 5.41) is 0. The minimum absolute atomic E-state index is 0.00379. The molecule has 0 radical (unpaired) electrons. The van der Waals surface area contributed by atoms with Crippen LogP contribution in [0.15, 0.2) is 30.3 Å². The molecule has 2 rings (SSSR count). The highest BCUT2D eigenvalue weighted by molar-refractivity contribution is 5.76. The van der Waals surface area contributed by atoms with Crippen LogP contribution in [0.5, 0.6) is 0 Å². The van der Waals surface area contributed by atoms with Gasteiger partial charge in [0.15, 0.2) is 0 Å². The standard InChI is InChI=1S/C14H17NO3/c15-13(16)9-12(10-5-2-1-3-6-10)18-14(17)11-7-4-8-11/h1-3,5-6,11-12H,4,7-9H2,(H2,15,16)/t12-/m1/s1. The summed E-state index contributed by atoms with van der Waals surface area (Å²) in [6, 6.07) is 9.24. The molecule has 0 bridgehead atoms. The Morgan fingerprint density at radius 1 is 1.28 bits per heavy atom. The van der Waals surface area contributed by atoms with E-state index in [4.69, 9.17) is 10.5 Å². The van der Waals surface area contributed by atoms with Gasteiger partial charge in [0.25, 0.3) is 0 Å². The predicted octanol–water partition coefficient (Wildman–Crippen LogP) is 1.95. The molecule has 1 atom stereocenters. The van der Waals surface area contributed by atoms with Crippen LogP contribution in [-0.4, -0.2) is 11.9 Å². The van der Waals surface area contributed by atoms with Gasteiger partial charge < -0.3 is 10.5 Å². The number of esters is 1. The van der Waals surface area contributed by atoms with Gasteiger partial charge in [-0.05, 0) is 18.4 Å². The van der Waals surface area contributed by atoms with E-state index < -0.39 is 12.0 Å². The third-order valence-electron chi connectivity index (χ3n) is 3.25. The Bertz CT molecular complexity index is 426. The van der Waals surface area contributed by atoms with Gasteiger partial charge >= 0.3 is 5.97 Å². The number of benzene rings is 1. The monoisotopic (exact) mass is 247 g/mol. The third kappa shape index (κ3) is 3.09. The van der Waals surface area contributed by atoms with Crippen molar-refractivity contribution in [3.05, 3.63) is 35.9 Å². The lowest BCUT2D eigenvalue weighted by Gasteiger charge is -2.26. The molecule has 2 N–H and O–H groups in total. The van der Waals surface area contributed by atoms with Gasteiger partial charge in [-0.25, -0.2) is 0 Å². The number of carbonyl (C=O) groups is 2. The number of carbonyl (C=O) groups excluding carboxylic acids is 2. The second kappa shape index (κ2) is 5.67. The number of ether oxygens (including phenoxy) is 1. The largest absolute Gasteiger partial charge is 0.457 e. The molecule has 1 aromatic carbocycles. The van der Waals surface area contributed by atoms with Crippen LogP contribution < -0.4 is 5.73 Å². The summed E-state index contributed by atoms with van der Waals surface area (Å²) in [7, 11) is 0. The smallest absolute Gasteiger partial charge is 0.309 e. The van der Waals surface area contributed by atoms with E-state index in [9.17, 15) is 9.59 Å². The SMILES string of the molecule is NC(=O)C[C@@H](OC(=O)C1CCC1)c1ccccc1. The van der Waals surface area contributed by atoms with Crippen LogP contribution in [0.25, 0.3) is 0 Å². The van der Waals surface area contributed by atoms with E-state index >= 15 is 0 Å². The summed E-state index contributed by atoms with van der Waals surface area (Å²) in [6.45, 7) is 0. The lowest BCUT2D eigenvalue weighted by molar-refractivity contribution is -0.158. The van der Waals surface area contributed by atoms with Crippen LogP contribution in [0.2, 0.25) is 0 Å². The van der Waals surface area contributed by atoms with Crippen LogP contribution in [0.1, 0.15) is 37.4 Å². The molecule has 1 aliphatic rings. The maximum Gasteiger partial charge on any atom is 0.309 e. The Hall–Kier alpha value is -1.84. The van der Waals surface area contributed by atoms with E-state index in [0.717, 1.165) is 24.8 Å². The van der Waals surface area contributed by atoms with Gasteiger partial charge in [0, 0.05) is 0 Å². The van der Waals surface area contributed by atoms with Crippen molar-refractivity contribution < 1.29 is 14.3 Å². The number of hydrogen-bond acceptors (Lipinski definition) is 3. The van der Waals surface area contributed by atoms with Gasteiger partial charge in [-0.1, -0.05) is 36.8 Å². The van der Waals surface area contributed by atoms with E-state index in [1.165, 1.54) is 0 Å². The molecule has 1 saturated carbocycles. The molecule has 1 fully saturated rings. The molecule has 0 aliphatic heterocycles. The average Bonchev–Trinajstić information content (AvgIpc) is 2.26. The number of hydrogen-bond donors (Lipinski definition) is 1. The number of rotatable bonds is 5. The molecule has 0 spiro atoms. The van der Waals surface area contributed by atoms with Crippen LogP contribution in [0.3, 0.4) is 0 Å². The maximum absolute atomic E-state index is 11.8. The van der Waals surface area contributed by atoms with Crippen molar-refractivity contribution in [3.63, 3.8) is 0 Å². The van der Waals surface area contributed by atoms with Gasteiger partial charge in [-0.3, -0.25) is 9.59 Å². The lowest BCUT2D eigenvalue weighted by Crippen LogP contribution is -2.27. The highest BCUT2D eigenvalue weighted by Gasteiger charge is 2.29. The van der Waals surface area contributed by atoms with Crippen molar-refractivity contribution in [1.29, 1.82) is 0 Å². The quantitative estimate of drug-likeness (QED) is 0.808. The van der Waals surface area contributed by atoms with Crippen molar-refractivity contribution in [2.75, 3.05) is 0 Å². The van der Waals surface area contributed by atoms with Crippen molar-refractivity contribution in [1.82, 2.24) is 0 Å². The fraction of sp³-hybridized carbons (Fsp3) is 0.429. The van der Waals surface area contributed by atoms with Crippen LogP contribution in [0, 0.1) is 5.92 Å². The first-order chi connectivity index (χ1) is 8.66. The van der Waals surface area contributed by atoms with E-state index in [0.29, 0.717) is 0 Å². The van der Waals surface area contributed by atoms with Crippen molar-refractivity contribution in [2.24, 2.45) is 11.7 Å². The van der Waals surface area contributed by atoms with Crippen molar-refractivity contribution in [2.45, 2.75) is 31.8 Å². The molecular weight excluding hydrogens is 230 g/mol. The average molecular weight is 247 g/mol. The van der Waals surface area contributed by atoms with Gasteiger partial charge in [-0.15, -0.1) is 0 Å². The zero-order chi connectivity index (χ0) is 13.0. The number of nitrogens with two attached hydrogens (primary N) is 1. The summed E-state index contributed by atoms with van der Waals surface area (Å²) in [5.74, 6) is -0.675. The number of amides is 1. The van der Waals surface area contributed by atoms with Crippen LogP contribution in [0.4, 0.5) is 0 Å². The summed E-state index contributed by atoms with van der Waals surface area (Å²) in [5.41, 5.74) is 6.01. The third-order valence-corrected chi connectivity index (χ3v) is 3.25. The topological polar surface area (TPSA) is 69.4 Å². The highest BCUT2D eigenvalue weighted by atomic mass is 16.5. The molecule has 4 heteroatoms. The van der Waals surface area contributed by atoms with Crippen LogP contribution >= 0.6 is 0 Å². The van der Waals surface area contributed by atoms with Gasteiger partial charge in [-0.2, -0.15) is 0 Å². The van der Waals surface area contributed by atoms with Gasteiger partial charge in [0.1, 0.15) is 6.10 Å². The molecular formula is C14H17NO3. The van der Waals surface area contributed by atoms with Gasteiger partial charge in [0.2, 0.25) is 5.91 Å². The second-order valence-corrected chi connectivity index (χ2v) is 4.63. The first kappa shape index (κ1) is 12.6. The Balaban J connectivity index is 2.05. The van der Waals surface area contributed by atoms with Crippen LogP contribution in [-0.2, 0) is 14.3 Å². The van der Waals surface area contributed by atoms with E-state index in [1.807, 2.05) is 30.3 Å². The molecule has 0 heterocycles. The maximum atomic E-state index is 11.8. The Kier molecular flexibility index (Phi) is 3.97. The Morgan fingerprint density at radius 2 is 1.94 bits per heavy atom. The highest BCUT2D eigenvalue weighted by Crippen LogP contribution is 2.30. The first-order valence-corrected chi connectivity index (χ1v) is 6.20.